The number of thiazole rings is 1. The van der Waals surface area contributed by atoms with Gasteiger partial charge in [-0.15, -0.1) is 11.3 Å². The van der Waals surface area contributed by atoms with Gasteiger partial charge in [0.15, 0.2) is 10.8 Å². The predicted molar refractivity (Wildman–Crippen MR) is 117 cm³/mol. The molecule has 1 fully saturated rings. The van der Waals surface area contributed by atoms with Crippen molar-refractivity contribution >= 4 is 56.0 Å². The van der Waals surface area contributed by atoms with E-state index in [2.05, 4.69) is 20.6 Å². The Morgan fingerprint density at radius 3 is 2.56 bits per heavy atom. The number of nitrogen functional groups attached to an aromatic ring is 2. The van der Waals surface area contributed by atoms with Crippen molar-refractivity contribution in [3.05, 3.63) is 23.5 Å². The van der Waals surface area contributed by atoms with Crippen LogP contribution in [0, 0.1) is 0 Å². The number of β-lactam (4-membered cyclic amide) rings is 1. The number of aliphatic carboxylic acids is 1. The Morgan fingerprint density at radius 1 is 1.38 bits per heavy atom. The Labute approximate surface area is 196 Å². The van der Waals surface area contributed by atoms with Crippen LogP contribution in [0.4, 0.5) is 10.8 Å². The number of hydrogen-bond donors (Lipinski definition) is 5. The van der Waals surface area contributed by atoms with Crippen molar-refractivity contribution in [2.45, 2.75) is 38.1 Å². The van der Waals surface area contributed by atoms with Gasteiger partial charge in [0.1, 0.15) is 11.7 Å². The molecule has 7 N–H and O–H groups in total. The minimum absolute atomic E-state index is 0.0689. The van der Waals surface area contributed by atoms with Crippen LogP contribution in [0.25, 0.3) is 0 Å². The Morgan fingerprint density at radius 2 is 2.06 bits per heavy atom. The van der Waals surface area contributed by atoms with Crippen molar-refractivity contribution in [1.82, 2.24) is 24.4 Å². The molecule has 1 aliphatic rings. The molecule has 18 heteroatoms. The highest BCUT2D eigenvalue weighted by Gasteiger charge is 2.54. The number of rotatable bonds is 9. The zero-order valence-electron chi connectivity index (χ0n) is 17.6. The van der Waals surface area contributed by atoms with Crippen LogP contribution in [0.3, 0.4) is 0 Å². The molecule has 1 aliphatic heterocycles. The molecule has 1 saturated heterocycles. The molecule has 3 heterocycles. The lowest BCUT2D eigenvalue weighted by molar-refractivity contribution is -0.161. The second kappa shape index (κ2) is 8.88. The summed E-state index contributed by atoms with van der Waals surface area (Å²) < 4.78 is 34.2. The highest BCUT2D eigenvalue weighted by molar-refractivity contribution is 7.84. The molecule has 3 rings (SSSR count). The molecule has 2 aromatic rings. The maximum Gasteiger partial charge on any atom is 0.362 e. The average Bonchev–Trinajstić information content (AvgIpc) is 3.32. The van der Waals surface area contributed by atoms with Crippen molar-refractivity contribution in [2.75, 3.05) is 11.5 Å². The molecule has 0 aromatic carbocycles. The van der Waals surface area contributed by atoms with Crippen molar-refractivity contribution in [3.8, 4) is 0 Å². The van der Waals surface area contributed by atoms with Crippen LogP contribution < -0.4 is 16.8 Å². The number of oxime groups is 1. The van der Waals surface area contributed by atoms with E-state index in [1.165, 1.54) is 36.3 Å². The van der Waals surface area contributed by atoms with E-state index in [4.69, 9.17) is 16.3 Å². The number of carboxylic acids is 1. The molecule has 2 aromatic heterocycles. The molecule has 0 saturated carbocycles. The smallest absolute Gasteiger partial charge is 0.362 e. The quantitative estimate of drug-likeness (QED) is 0.108. The zero-order valence-corrected chi connectivity index (χ0v) is 19.3. The first-order chi connectivity index (χ1) is 15.7. The lowest BCUT2D eigenvalue weighted by Gasteiger charge is -2.44. The van der Waals surface area contributed by atoms with Crippen LogP contribution in [-0.2, 0) is 36.1 Å². The summed E-state index contributed by atoms with van der Waals surface area (Å²) in [6.45, 7) is 2.14. The molecule has 2 atom stereocenters. The molecule has 34 heavy (non-hydrogen) atoms. The number of anilines is 2. The van der Waals surface area contributed by atoms with Crippen LogP contribution in [0.15, 0.2) is 22.9 Å². The third-order valence-electron chi connectivity index (χ3n) is 4.59. The van der Waals surface area contributed by atoms with E-state index in [-0.39, 0.29) is 27.4 Å². The standard InChI is InChI=1S/C16H20N8O8S2/c1-16(2,14(27)28)32-22-10(8-6-33-15(18)20-8)12(25)21-11-9(5-23-4-7(17)3-19-23)24(13(11)26)34(29,30)31/h3-4,6,9,11H,5,17H2,1-2H3,(H2,18,20)(H,21,25)(H,27,28)(H,29,30,31)/t9-,11+/m1/s1. The van der Waals surface area contributed by atoms with E-state index >= 15 is 0 Å². The number of carbonyl (C=O) groups is 3. The summed E-state index contributed by atoms with van der Waals surface area (Å²) in [5.41, 5.74) is 9.04. The van der Waals surface area contributed by atoms with E-state index < -0.39 is 51.5 Å². The van der Waals surface area contributed by atoms with E-state index in [9.17, 15) is 32.5 Å². The highest BCUT2D eigenvalue weighted by atomic mass is 32.2. The fourth-order valence-electron chi connectivity index (χ4n) is 2.82. The van der Waals surface area contributed by atoms with E-state index in [0.717, 1.165) is 11.3 Å². The molecule has 0 aliphatic carbocycles. The molecule has 184 valence electrons. The molecular weight excluding hydrogens is 496 g/mol. The maximum atomic E-state index is 13.0. The third-order valence-corrected chi connectivity index (χ3v) is 6.21. The Bertz CT molecular complexity index is 1270. The average molecular weight is 517 g/mol. The van der Waals surface area contributed by atoms with Crippen molar-refractivity contribution in [2.24, 2.45) is 5.16 Å². The topological polar surface area (TPSA) is 245 Å². The van der Waals surface area contributed by atoms with Crippen molar-refractivity contribution < 1.29 is 37.3 Å². The molecule has 0 bridgehead atoms. The second-order valence-corrected chi connectivity index (χ2v) is 9.72. The number of nitrogens with zero attached hydrogens (tertiary/aromatic N) is 5. The Balaban J connectivity index is 1.89. The van der Waals surface area contributed by atoms with Gasteiger partial charge in [-0.3, -0.25) is 18.8 Å². The number of aromatic nitrogens is 3. The van der Waals surface area contributed by atoms with Gasteiger partial charge in [-0.2, -0.15) is 13.5 Å². The van der Waals surface area contributed by atoms with E-state index in [1.54, 1.807) is 0 Å². The van der Waals surface area contributed by atoms with Gasteiger partial charge < -0.3 is 26.7 Å². The van der Waals surface area contributed by atoms with Crippen LogP contribution in [0.1, 0.15) is 19.5 Å². The summed E-state index contributed by atoms with van der Waals surface area (Å²) in [5.74, 6) is -3.53. The summed E-state index contributed by atoms with van der Waals surface area (Å²) in [5, 5.41) is 20.4. The molecular formula is C16H20N8O8S2. The lowest BCUT2D eigenvalue weighted by Crippen LogP contribution is -2.73. The summed E-state index contributed by atoms with van der Waals surface area (Å²) in [7, 11) is -4.94. The minimum Gasteiger partial charge on any atom is -0.478 e. The molecule has 0 spiro atoms. The third kappa shape index (κ3) is 5.07. The van der Waals surface area contributed by atoms with E-state index in [1.807, 2.05) is 0 Å². The zero-order chi connectivity index (χ0) is 25.4. The van der Waals surface area contributed by atoms with Crippen molar-refractivity contribution in [3.63, 3.8) is 0 Å². The highest BCUT2D eigenvalue weighted by Crippen LogP contribution is 2.26. The molecule has 0 unspecified atom stereocenters. The summed E-state index contributed by atoms with van der Waals surface area (Å²) in [6, 6.07) is -2.68. The van der Waals surface area contributed by atoms with Gasteiger partial charge in [0.05, 0.1) is 24.5 Å². The van der Waals surface area contributed by atoms with Gasteiger partial charge in [0.2, 0.25) is 5.60 Å². The monoisotopic (exact) mass is 516 g/mol. The normalized spacial score (nSPS) is 19.0. The molecule has 16 nitrogen and oxygen atoms in total. The van der Waals surface area contributed by atoms with Gasteiger partial charge in [-0.1, -0.05) is 5.16 Å². The summed E-state index contributed by atoms with van der Waals surface area (Å²) >= 11 is 0.960. The van der Waals surface area contributed by atoms with Crippen LogP contribution in [0.2, 0.25) is 0 Å². The molecule has 2 amide bonds. The van der Waals surface area contributed by atoms with Gasteiger partial charge in [0.25, 0.3) is 11.8 Å². The largest absolute Gasteiger partial charge is 0.478 e. The fourth-order valence-corrected chi connectivity index (χ4v) is 4.24. The van der Waals surface area contributed by atoms with Gasteiger partial charge in [-0.05, 0) is 13.8 Å². The number of nitrogens with two attached hydrogens (primary N) is 2. The number of amides is 2. The maximum absolute atomic E-state index is 13.0. The minimum atomic E-state index is -4.94. The Kier molecular flexibility index (Phi) is 6.49. The SMILES string of the molecule is CC(C)(ON=C(C(=O)N[C@@H]1C(=O)N(S(=O)(=O)O)[C@@H]1Cn1cc(N)cn1)c1csc(N)n1)C(=O)O. The number of nitrogens with one attached hydrogen (secondary N) is 1. The van der Waals surface area contributed by atoms with Crippen LogP contribution in [-0.4, -0.2) is 78.3 Å². The van der Waals surface area contributed by atoms with Crippen LogP contribution in [0.5, 0.6) is 0 Å². The van der Waals surface area contributed by atoms with Crippen molar-refractivity contribution in [1.29, 1.82) is 0 Å². The summed E-state index contributed by atoms with van der Waals surface area (Å²) in [6.07, 6.45) is 2.64. The van der Waals surface area contributed by atoms with Gasteiger partial charge >= 0.3 is 16.3 Å². The molecule has 0 radical (unpaired) electrons. The fraction of sp³-hybridized carbons (Fsp3) is 0.375. The second-order valence-electron chi connectivity index (χ2n) is 7.54. The predicted octanol–water partition coefficient (Wildman–Crippen LogP) is -1.71. The first kappa shape index (κ1) is 24.9. The number of carbonyl (C=O) groups excluding carboxylic acids is 2. The first-order valence-corrected chi connectivity index (χ1v) is 11.6. The first-order valence-electron chi connectivity index (χ1n) is 9.31. The number of carboxylic acid groups (broad SMARTS) is 1. The van der Waals surface area contributed by atoms with Gasteiger partial charge in [-0.25, -0.2) is 14.1 Å². The van der Waals surface area contributed by atoms with Gasteiger partial charge in [0, 0.05) is 11.6 Å². The van der Waals surface area contributed by atoms with Crippen LogP contribution >= 0.6 is 11.3 Å². The lowest BCUT2D eigenvalue weighted by atomic mass is 9.98. The number of hydrogen-bond acceptors (Lipinski definition) is 12. The Hall–Kier alpha value is -3.77. The summed E-state index contributed by atoms with van der Waals surface area (Å²) in [4.78, 5) is 45.6. The van der Waals surface area contributed by atoms with E-state index in [0.29, 0.717) is 0 Å².